The molecule has 2 aliphatic rings. The number of ether oxygens (including phenoxy) is 2. The highest BCUT2D eigenvalue weighted by Crippen LogP contribution is 2.33. The number of amides is 2. The van der Waals surface area contributed by atoms with Crippen molar-refractivity contribution < 1.29 is 14.3 Å². The summed E-state index contributed by atoms with van der Waals surface area (Å²) in [5.74, 6) is 1.72. The zero-order chi connectivity index (χ0) is 23.7. The fourth-order valence-electron chi connectivity index (χ4n) is 4.30. The maximum atomic E-state index is 13.4. The van der Waals surface area contributed by atoms with Crippen molar-refractivity contribution in [1.29, 1.82) is 0 Å². The molecule has 2 aliphatic heterocycles. The standard InChI is InChI=1S/C25H27N5O4/c1-3-8-30-23(31)18-15-21-22(34-14-13-33-21)16-20(18)26-24(30)28-9-11-29(12-10-28)25(32)27-19-7-5-4-6-17(19)2/h3-7,15-16H,1,8-14H2,2H3,(H,27,32). The summed E-state index contributed by atoms with van der Waals surface area (Å²) in [6.45, 7) is 9.16. The molecule has 0 bridgehead atoms. The number of carbonyl (C=O) groups is 1. The van der Waals surface area contributed by atoms with Gasteiger partial charge in [0, 0.05) is 44.5 Å². The van der Waals surface area contributed by atoms with Crippen LogP contribution in [0, 0.1) is 6.92 Å². The average molecular weight is 462 g/mol. The third kappa shape index (κ3) is 4.05. The zero-order valence-electron chi connectivity index (χ0n) is 19.1. The predicted octanol–water partition coefficient (Wildman–Crippen LogP) is 3.02. The Labute approximate surface area is 197 Å². The summed E-state index contributed by atoms with van der Waals surface area (Å²) in [6.07, 6.45) is 1.68. The first kappa shape index (κ1) is 21.8. The molecule has 1 N–H and O–H groups in total. The summed E-state index contributed by atoms with van der Waals surface area (Å²) in [5.41, 5.74) is 2.22. The number of benzene rings is 2. The summed E-state index contributed by atoms with van der Waals surface area (Å²) in [4.78, 5) is 34.8. The van der Waals surface area contributed by atoms with E-state index in [0.717, 1.165) is 11.3 Å². The third-order valence-corrected chi connectivity index (χ3v) is 6.15. The van der Waals surface area contributed by atoms with Gasteiger partial charge in [0.2, 0.25) is 5.95 Å². The molecule has 0 aliphatic carbocycles. The molecule has 34 heavy (non-hydrogen) atoms. The maximum Gasteiger partial charge on any atom is 0.321 e. The molecule has 1 aromatic heterocycles. The molecule has 3 heterocycles. The highest BCUT2D eigenvalue weighted by atomic mass is 16.6. The van der Waals surface area contributed by atoms with Crippen LogP contribution in [0.3, 0.4) is 0 Å². The minimum Gasteiger partial charge on any atom is -0.486 e. The number of urea groups is 1. The average Bonchev–Trinajstić information content (AvgIpc) is 2.86. The number of para-hydroxylation sites is 1. The number of piperazine rings is 1. The number of carbonyl (C=O) groups excluding carboxylic acids is 1. The Bertz CT molecular complexity index is 1310. The molecule has 0 spiro atoms. The molecule has 176 valence electrons. The van der Waals surface area contributed by atoms with Gasteiger partial charge in [-0.15, -0.1) is 6.58 Å². The van der Waals surface area contributed by atoms with Gasteiger partial charge in [0.15, 0.2) is 11.5 Å². The van der Waals surface area contributed by atoms with Gasteiger partial charge in [-0.25, -0.2) is 9.78 Å². The summed E-state index contributed by atoms with van der Waals surface area (Å²) >= 11 is 0. The van der Waals surface area contributed by atoms with Gasteiger partial charge in [-0.2, -0.15) is 0 Å². The first-order valence-corrected chi connectivity index (χ1v) is 11.4. The van der Waals surface area contributed by atoms with E-state index in [2.05, 4.69) is 11.9 Å². The van der Waals surface area contributed by atoms with Crippen LogP contribution in [0.4, 0.5) is 16.4 Å². The van der Waals surface area contributed by atoms with E-state index in [1.807, 2.05) is 36.1 Å². The van der Waals surface area contributed by atoms with Gasteiger partial charge in [0.25, 0.3) is 5.56 Å². The van der Waals surface area contributed by atoms with Gasteiger partial charge in [-0.05, 0) is 24.6 Å². The molecule has 3 aromatic rings. The van der Waals surface area contributed by atoms with Crippen molar-refractivity contribution in [3.63, 3.8) is 0 Å². The minimum absolute atomic E-state index is 0.132. The van der Waals surface area contributed by atoms with Crippen molar-refractivity contribution in [2.24, 2.45) is 0 Å². The number of fused-ring (bicyclic) bond motifs is 2. The molecular weight excluding hydrogens is 434 g/mol. The lowest BCUT2D eigenvalue weighted by atomic mass is 10.2. The van der Waals surface area contributed by atoms with Crippen LogP contribution in [0.15, 0.2) is 53.8 Å². The highest BCUT2D eigenvalue weighted by Gasteiger charge is 2.26. The molecule has 1 saturated heterocycles. The topological polar surface area (TPSA) is 88.9 Å². The fraction of sp³-hybridized carbons (Fsp3) is 0.320. The normalized spacial score (nSPS) is 15.3. The lowest BCUT2D eigenvalue weighted by molar-refractivity contribution is 0.172. The molecule has 1 fully saturated rings. The van der Waals surface area contributed by atoms with E-state index in [0.29, 0.717) is 74.3 Å². The molecule has 0 unspecified atom stereocenters. The van der Waals surface area contributed by atoms with Crippen molar-refractivity contribution in [3.05, 3.63) is 65.0 Å². The second-order valence-electron chi connectivity index (χ2n) is 8.35. The van der Waals surface area contributed by atoms with Crippen molar-refractivity contribution >= 4 is 28.6 Å². The number of aryl methyl sites for hydroxylation is 1. The van der Waals surface area contributed by atoms with Gasteiger partial charge < -0.3 is 24.6 Å². The summed E-state index contributed by atoms with van der Waals surface area (Å²) < 4.78 is 12.9. The number of nitrogens with one attached hydrogen (secondary N) is 1. The summed E-state index contributed by atoms with van der Waals surface area (Å²) in [7, 11) is 0. The van der Waals surface area contributed by atoms with Crippen LogP contribution in [-0.4, -0.2) is 59.9 Å². The van der Waals surface area contributed by atoms with Gasteiger partial charge in [-0.1, -0.05) is 24.3 Å². The third-order valence-electron chi connectivity index (χ3n) is 6.15. The molecule has 5 rings (SSSR count). The SMILES string of the molecule is C=CCn1c(N2CCN(C(=O)Nc3ccccc3C)CC2)nc2cc3c(cc2c1=O)OCCO3. The van der Waals surface area contributed by atoms with Crippen molar-refractivity contribution in [2.75, 3.05) is 49.6 Å². The van der Waals surface area contributed by atoms with E-state index in [-0.39, 0.29) is 11.6 Å². The molecule has 9 nitrogen and oxygen atoms in total. The molecule has 9 heteroatoms. The van der Waals surface area contributed by atoms with Crippen LogP contribution >= 0.6 is 0 Å². The van der Waals surface area contributed by atoms with E-state index in [1.165, 1.54) is 0 Å². The highest BCUT2D eigenvalue weighted by molar-refractivity contribution is 5.90. The molecule has 2 amide bonds. The van der Waals surface area contributed by atoms with Crippen molar-refractivity contribution in [2.45, 2.75) is 13.5 Å². The van der Waals surface area contributed by atoms with Gasteiger partial charge in [0.1, 0.15) is 13.2 Å². The largest absolute Gasteiger partial charge is 0.486 e. The molecule has 2 aromatic carbocycles. The molecule has 0 radical (unpaired) electrons. The summed E-state index contributed by atoms with van der Waals surface area (Å²) in [6, 6.07) is 11.0. The van der Waals surface area contributed by atoms with E-state index < -0.39 is 0 Å². The summed E-state index contributed by atoms with van der Waals surface area (Å²) in [5, 5.41) is 3.46. The molecule has 0 saturated carbocycles. The molecule has 0 atom stereocenters. The lowest BCUT2D eigenvalue weighted by Gasteiger charge is -2.36. The van der Waals surface area contributed by atoms with Crippen LogP contribution in [0.25, 0.3) is 10.9 Å². The zero-order valence-corrected chi connectivity index (χ0v) is 19.1. The Morgan fingerprint density at radius 3 is 2.53 bits per heavy atom. The first-order valence-electron chi connectivity index (χ1n) is 11.4. The van der Waals surface area contributed by atoms with E-state index in [9.17, 15) is 9.59 Å². The Kier molecular flexibility index (Phi) is 5.83. The first-order chi connectivity index (χ1) is 16.5. The Morgan fingerprint density at radius 2 is 1.82 bits per heavy atom. The number of hydrogen-bond donors (Lipinski definition) is 1. The number of hydrogen-bond acceptors (Lipinski definition) is 6. The monoisotopic (exact) mass is 461 g/mol. The maximum absolute atomic E-state index is 13.4. The Morgan fingerprint density at radius 1 is 1.12 bits per heavy atom. The number of allylic oxidation sites excluding steroid dienone is 1. The van der Waals surface area contributed by atoms with E-state index in [1.54, 1.807) is 27.7 Å². The number of anilines is 2. The Balaban J connectivity index is 1.39. The minimum atomic E-state index is -0.156. The molecular formula is C25H27N5O4. The van der Waals surface area contributed by atoms with Crippen LogP contribution in [-0.2, 0) is 6.54 Å². The van der Waals surface area contributed by atoms with Crippen LogP contribution < -0.4 is 25.2 Å². The van der Waals surface area contributed by atoms with Gasteiger partial charge >= 0.3 is 6.03 Å². The fourth-order valence-corrected chi connectivity index (χ4v) is 4.30. The quantitative estimate of drug-likeness (QED) is 0.601. The van der Waals surface area contributed by atoms with Crippen molar-refractivity contribution in [3.8, 4) is 11.5 Å². The lowest BCUT2D eigenvalue weighted by Crippen LogP contribution is -2.51. The Hall–Kier alpha value is -4.01. The van der Waals surface area contributed by atoms with Crippen LogP contribution in [0.5, 0.6) is 11.5 Å². The number of aromatic nitrogens is 2. The van der Waals surface area contributed by atoms with Crippen molar-refractivity contribution in [1.82, 2.24) is 14.5 Å². The number of rotatable bonds is 4. The predicted molar refractivity (Wildman–Crippen MR) is 131 cm³/mol. The van der Waals surface area contributed by atoms with Gasteiger partial charge in [-0.3, -0.25) is 9.36 Å². The van der Waals surface area contributed by atoms with E-state index in [4.69, 9.17) is 14.5 Å². The van der Waals surface area contributed by atoms with Gasteiger partial charge in [0.05, 0.1) is 10.9 Å². The second kappa shape index (κ2) is 9.09. The van der Waals surface area contributed by atoms with E-state index >= 15 is 0 Å². The smallest absolute Gasteiger partial charge is 0.321 e. The van der Waals surface area contributed by atoms with Crippen LogP contribution in [0.2, 0.25) is 0 Å². The number of nitrogens with zero attached hydrogens (tertiary/aromatic N) is 4. The van der Waals surface area contributed by atoms with Crippen LogP contribution in [0.1, 0.15) is 5.56 Å². The second-order valence-corrected chi connectivity index (χ2v) is 8.35.